The summed E-state index contributed by atoms with van der Waals surface area (Å²) in [4.78, 5) is 26.5. The molecule has 0 aliphatic carbocycles. The Balaban J connectivity index is 2.01. The van der Waals surface area contributed by atoms with Gasteiger partial charge < -0.3 is 9.15 Å². The number of nitrogens with zero attached hydrogens (tertiary/aromatic N) is 2. The number of hydrogen-bond donors (Lipinski definition) is 0. The summed E-state index contributed by atoms with van der Waals surface area (Å²) in [6, 6.07) is 7.98. The summed E-state index contributed by atoms with van der Waals surface area (Å²) in [7, 11) is 0. The van der Waals surface area contributed by atoms with Gasteiger partial charge in [-0.1, -0.05) is 6.07 Å². The van der Waals surface area contributed by atoms with E-state index in [1.807, 2.05) is 22.6 Å². The van der Waals surface area contributed by atoms with Gasteiger partial charge in [0.05, 0.1) is 4.92 Å². The average Bonchev–Trinajstić information content (AvgIpc) is 3.06. The minimum atomic E-state index is -0.627. The molecule has 8 heteroatoms. The SMILES string of the molecule is Cc1c(C2=N/C(=C\c3ccc(I)o3)C(=O)O2)cccc1[N+](=O)[O-]. The van der Waals surface area contributed by atoms with E-state index in [1.54, 1.807) is 25.1 Å². The highest BCUT2D eigenvalue weighted by Gasteiger charge is 2.27. The summed E-state index contributed by atoms with van der Waals surface area (Å²) in [5.41, 5.74) is 0.818. The molecule has 3 rings (SSSR count). The minimum absolute atomic E-state index is 0.0451. The molecule has 1 aromatic heterocycles. The molecule has 7 nitrogen and oxygen atoms in total. The van der Waals surface area contributed by atoms with E-state index in [4.69, 9.17) is 9.15 Å². The smallest absolute Gasteiger partial charge is 0.363 e. The Morgan fingerprint density at radius 3 is 2.74 bits per heavy atom. The van der Waals surface area contributed by atoms with Gasteiger partial charge in [0.15, 0.2) is 9.46 Å². The highest BCUT2D eigenvalue weighted by atomic mass is 127. The lowest BCUT2D eigenvalue weighted by Gasteiger charge is -2.04. The summed E-state index contributed by atoms with van der Waals surface area (Å²) >= 11 is 2.01. The van der Waals surface area contributed by atoms with E-state index < -0.39 is 10.9 Å². The summed E-state index contributed by atoms with van der Waals surface area (Å²) in [6.45, 7) is 1.58. The molecule has 0 spiro atoms. The van der Waals surface area contributed by atoms with E-state index in [0.717, 1.165) is 0 Å². The molecule has 0 amide bonds. The van der Waals surface area contributed by atoms with Crippen LogP contribution >= 0.6 is 22.6 Å². The van der Waals surface area contributed by atoms with Crippen molar-refractivity contribution < 1.29 is 18.9 Å². The molecule has 116 valence electrons. The fourth-order valence-electron chi connectivity index (χ4n) is 2.12. The number of nitro groups is 1. The molecule has 23 heavy (non-hydrogen) atoms. The van der Waals surface area contributed by atoms with Crippen LogP contribution in [0.15, 0.2) is 45.4 Å². The number of ether oxygens (including phenoxy) is 1. The molecule has 0 unspecified atom stereocenters. The predicted octanol–water partition coefficient (Wildman–Crippen LogP) is 3.45. The number of furan rings is 1. The number of aliphatic imine (C=N–C) groups is 1. The average molecular weight is 424 g/mol. The second-order valence-corrected chi connectivity index (χ2v) is 5.75. The van der Waals surface area contributed by atoms with Gasteiger partial charge in [-0.25, -0.2) is 9.79 Å². The van der Waals surface area contributed by atoms with E-state index in [-0.39, 0.29) is 17.3 Å². The lowest BCUT2D eigenvalue weighted by atomic mass is 10.1. The van der Waals surface area contributed by atoms with E-state index in [1.165, 1.54) is 18.2 Å². The molecule has 2 aromatic rings. The summed E-state index contributed by atoms with van der Waals surface area (Å²) in [6.07, 6.45) is 1.46. The third kappa shape index (κ3) is 3.02. The van der Waals surface area contributed by atoms with Crippen LogP contribution in [0.3, 0.4) is 0 Å². The summed E-state index contributed by atoms with van der Waals surface area (Å²) in [5, 5.41) is 11.0. The number of benzene rings is 1. The van der Waals surface area contributed by atoms with Gasteiger partial charge in [-0.3, -0.25) is 10.1 Å². The van der Waals surface area contributed by atoms with Gasteiger partial charge in [-0.05, 0) is 47.7 Å². The number of halogens is 1. The first-order chi connectivity index (χ1) is 11.0. The van der Waals surface area contributed by atoms with Crippen molar-refractivity contribution in [2.24, 2.45) is 4.99 Å². The lowest BCUT2D eigenvalue weighted by Crippen LogP contribution is -2.08. The van der Waals surface area contributed by atoms with Gasteiger partial charge in [-0.2, -0.15) is 0 Å². The van der Waals surface area contributed by atoms with Crippen LogP contribution in [0, 0.1) is 20.8 Å². The van der Waals surface area contributed by atoms with Gasteiger partial charge in [0.1, 0.15) is 5.76 Å². The number of carbonyl (C=O) groups excluding carboxylic acids is 1. The largest absolute Gasteiger partial charge is 0.451 e. The maximum absolute atomic E-state index is 11.9. The van der Waals surface area contributed by atoms with Crippen molar-refractivity contribution in [2.75, 3.05) is 0 Å². The van der Waals surface area contributed by atoms with Gasteiger partial charge in [0.25, 0.3) is 5.69 Å². The lowest BCUT2D eigenvalue weighted by molar-refractivity contribution is -0.385. The maximum atomic E-state index is 11.9. The molecule has 0 bridgehead atoms. The molecule has 0 saturated carbocycles. The Morgan fingerprint density at radius 1 is 1.30 bits per heavy atom. The molecule has 0 N–H and O–H groups in total. The van der Waals surface area contributed by atoms with Crippen molar-refractivity contribution in [2.45, 2.75) is 6.92 Å². The topological polar surface area (TPSA) is 94.9 Å². The quantitative estimate of drug-likeness (QED) is 0.247. The van der Waals surface area contributed by atoms with Gasteiger partial charge in [0, 0.05) is 23.3 Å². The molecule has 2 heterocycles. The van der Waals surface area contributed by atoms with Crippen LogP contribution < -0.4 is 0 Å². The van der Waals surface area contributed by atoms with Crippen molar-refractivity contribution in [3.8, 4) is 0 Å². The zero-order chi connectivity index (χ0) is 16.6. The molecule has 1 aromatic carbocycles. The monoisotopic (exact) mass is 424 g/mol. The summed E-state index contributed by atoms with van der Waals surface area (Å²) < 4.78 is 11.2. The van der Waals surface area contributed by atoms with Crippen LogP contribution in [0.25, 0.3) is 6.08 Å². The maximum Gasteiger partial charge on any atom is 0.363 e. The number of hydrogen-bond acceptors (Lipinski definition) is 6. The first kappa shape index (κ1) is 15.4. The standard InChI is InChI=1S/C15H9IN2O5/c1-8-10(3-2-4-12(8)18(20)21)14-17-11(15(19)23-14)7-9-5-6-13(16)22-9/h2-7H,1H3/b11-7-. The highest BCUT2D eigenvalue weighted by molar-refractivity contribution is 14.1. The fraction of sp³-hybridized carbons (Fsp3) is 0.0667. The number of rotatable bonds is 3. The molecule has 1 aliphatic rings. The number of cyclic esters (lactones) is 1. The first-order valence-electron chi connectivity index (χ1n) is 6.48. The Labute approximate surface area is 143 Å². The molecule has 0 atom stereocenters. The molecular weight excluding hydrogens is 415 g/mol. The molecule has 1 aliphatic heterocycles. The van der Waals surface area contributed by atoms with Crippen molar-refractivity contribution in [3.05, 3.63) is 66.8 Å². The number of carbonyl (C=O) groups is 1. The Bertz CT molecular complexity index is 882. The number of esters is 1. The Kier molecular flexibility index (Phi) is 3.99. The number of nitro benzene ring substituents is 1. The highest BCUT2D eigenvalue weighted by Crippen LogP contribution is 2.26. The van der Waals surface area contributed by atoms with Crippen LogP contribution in [-0.2, 0) is 9.53 Å². The zero-order valence-corrected chi connectivity index (χ0v) is 13.9. The van der Waals surface area contributed by atoms with E-state index >= 15 is 0 Å². The molecule has 0 radical (unpaired) electrons. The second-order valence-electron chi connectivity index (χ2n) is 4.68. The van der Waals surface area contributed by atoms with Crippen molar-refractivity contribution in [1.29, 1.82) is 0 Å². The first-order valence-corrected chi connectivity index (χ1v) is 7.56. The molecule has 0 saturated heterocycles. The van der Waals surface area contributed by atoms with E-state index in [2.05, 4.69) is 4.99 Å². The molecule has 0 fully saturated rings. The van der Waals surface area contributed by atoms with E-state index in [9.17, 15) is 14.9 Å². The van der Waals surface area contributed by atoms with Crippen LogP contribution in [0.4, 0.5) is 5.69 Å². The van der Waals surface area contributed by atoms with Gasteiger partial charge >= 0.3 is 5.97 Å². The Morgan fingerprint density at radius 2 is 2.09 bits per heavy atom. The van der Waals surface area contributed by atoms with Gasteiger partial charge in [-0.15, -0.1) is 0 Å². The zero-order valence-electron chi connectivity index (χ0n) is 11.8. The van der Waals surface area contributed by atoms with Crippen molar-refractivity contribution in [1.82, 2.24) is 0 Å². The third-order valence-electron chi connectivity index (χ3n) is 3.23. The van der Waals surface area contributed by atoms with Crippen LogP contribution in [0.5, 0.6) is 0 Å². The van der Waals surface area contributed by atoms with Crippen LogP contribution in [0.1, 0.15) is 16.9 Å². The minimum Gasteiger partial charge on any atom is -0.451 e. The van der Waals surface area contributed by atoms with Crippen LogP contribution in [-0.4, -0.2) is 16.8 Å². The fourth-order valence-corrected chi connectivity index (χ4v) is 2.55. The summed E-state index contributed by atoms with van der Waals surface area (Å²) in [5.74, 6) is -0.108. The predicted molar refractivity (Wildman–Crippen MR) is 89.9 cm³/mol. The Hall–Kier alpha value is -2.49. The van der Waals surface area contributed by atoms with Crippen molar-refractivity contribution >= 4 is 46.2 Å². The second kappa shape index (κ2) is 5.95. The van der Waals surface area contributed by atoms with Crippen LogP contribution in [0.2, 0.25) is 0 Å². The van der Waals surface area contributed by atoms with Crippen molar-refractivity contribution in [3.63, 3.8) is 0 Å². The molecular formula is C15H9IN2O5. The third-order valence-corrected chi connectivity index (χ3v) is 3.81. The van der Waals surface area contributed by atoms with Gasteiger partial charge in [0.2, 0.25) is 5.90 Å². The normalized spacial score (nSPS) is 15.7. The van der Waals surface area contributed by atoms with E-state index in [0.29, 0.717) is 20.7 Å².